The number of carboxylic acids is 1. The van der Waals surface area contributed by atoms with E-state index in [1.165, 1.54) is 16.9 Å². The van der Waals surface area contributed by atoms with Crippen molar-refractivity contribution in [3.8, 4) is 5.75 Å². The zero-order valence-electron chi connectivity index (χ0n) is 14.2. The van der Waals surface area contributed by atoms with E-state index in [9.17, 15) is 24.6 Å². The third kappa shape index (κ3) is 3.36. The van der Waals surface area contributed by atoms with Gasteiger partial charge in [-0.05, 0) is 13.0 Å². The standard InChI is InChI=1S/C17H16N4O6/c1-2-27-17(26)11-7-19-16(25)13(14(11)24)9(6-12(22)23)10-8-20-21-5-3-4-18-15(10)21/h3-5,7-9H,2,6H2,1H3,(H,22,23)(H2,19,24,25). The highest BCUT2D eigenvalue weighted by Crippen LogP contribution is 2.34. The zero-order chi connectivity index (χ0) is 19.6. The molecule has 0 saturated heterocycles. The quantitative estimate of drug-likeness (QED) is 0.541. The molecule has 10 nitrogen and oxygen atoms in total. The molecule has 1 atom stereocenters. The van der Waals surface area contributed by atoms with Gasteiger partial charge in [-0.3, -0.25) is 9.59 Å². The van der Waals surface area contributed by atoms with Crippen molar-refractivity contribution < 1.29 is 24.5 Å². The Kier molecular flexibility index (Phi) is 4.88. The Morgan fingerprint density at radius 2 is 2.19 bits per heavy atom. The molecule has 0 amide bonds. The van der Waals surface area contributed by atoms with Gasteiger partial charge in [-0.2, -0.15) is 5.10 Å². The first-order valence-electron chi connectivity index (χ1n) is 8.05. The summed E-state index contributed by atoms with van der Waals surface area (Å²) in [7, 11) is 0. The second-order valence-electron chi connectivity index (χ2n) is 5.65. The van der Waals surface area contributed by atoms with Crippen molar-refractivity contribution >= 4 is 17.6 Å². The number of aliphatic carboxylic acids is 1. The molecule has 3 heterocycles. The molecule has 3 aromatic heterocycles. The Hall–Kier alpha value is -3.69. The highest BCUT2D eigenvalue weighted by atomic mass is 16.5. The number of aromatic nitrogens is 4. The number of carbonyl (C=O) groups excluding carboxylic acids is 1. The van der Waals surface area contributed by atoms with E-state index < -0.39 is 35.6 Å². The van der Waals surface area contributed by atoms with Gasteiger partial charge in [0.1, 0.15) is 11.3 Å². The van der Waals surface area contributed by atoms with Crippen LogP contribution >= 0.6 is 0 Å². The van der Waals surface area contributed by atoms with E-state index in [-0.39, 0.29) is 17.7 Å². The molecule has 1 unspecified atom stereocenters. The molecule has 0 aromatic carbocycles. The van der Waals surface area contributed by atoms with E-state index in [1.807, 2.05) is 0 Å². The van der Waals surface area contributed by atoms with Crippen LogP contribution in [0.5, 0.6) is 5.75 Å². The van der Waals surface area contributed by atoms with E-state index >= 15 is 0 Å². The van der Waals surface area contributed by atoms with Crippen LogP contribution in [0.15, 0.2) is 35.6 Å². The fraction of sp³-hybridized carbons (Fsp3) is 0.235. The van der Waals surface area contributed by atoms with Gasteiger partial charge >= 0.3 is 11.9 Å². The Morgan fingerprint density at radius 1 is 1.41 bits per heavy atom. The third-order valence-electron chi connectivity index (χ3n) is 4.01. The molecule has 0 saturated carbocycles. The van der Waals surface area contributed by atoms with Crippen molar-refractivity contribution in [2.75, 3.05) is 6.61 Å². The first-order chi connectivity index (χ1) is 12.9. The number of esters is 1. The maximum Gasteiger partial charge on any atom is 0.343 e. The molecule has 0 fully saturated rings. The predicted octanol–water partition coefficient (Wildman–Crippen LogP) is 0.906. The number of carbonyl (C=O) groups is 2. The summed E-state index contributed by atoms with van der Waals surface area (Å²) in [6.07, 6.45) is 5.01. The van der Waals surface area contributed by atoms with Crippen LogP contribution in [0.4, 0.5) is 0 Å². The average molecular weight is 372 g/mol. The van der Waals surface area contributed by atoms with Gasteiger partial charge in [0.25, 0.3) is 5.56 Å². The minimum absolute atomic E-state index is 0.0727. The Morgan fingerprint density at radius 3 is 2.89 bits per heavy atom. The number of carboxylic acid groups (broad SMARTS) is 1. The molecule has 0 aliphatic heterocycles. The van der Waals surface area contributed by atoms with Crippen molar-refractivity contribution in [1.29, 1.82) is 0 Å². The van der Waals surface area contributed by atoms with Gasteiger partial charge in [-0.15, -0.1) is 0 Å². The molecule has 0 spiro atoms. The monoisotopic (exact) mass is 372 g/mol. The lowest BCUT2D eigenvalue weighted by Gasteiger charge is -2.16. The first-order valence-corrected chi connectivity index (χ1v) is 8.05. The van der Waals surface area contributed by atoms with E-state index in [0.29, 0.717) is 11.2 Å². The molecule has 10 heteroatoms. The number of rotatable bonds is 6. The van der Waals surface area contributed by atoms with E-state index in [1.54, 1.807) is 19.2 Å². The van der Waals surface area contributed by atoms with E-state index in [4.69, 9.17) is 4.74 Å². The number of nitrogens with one attached hydrogen (secondary N) is 1. The molecule has 0 aliphatic carbocycles. The molecular formula is C17H16N4O6. The van der Waals surface area contributed by atoms with Gasteiger partial charge in [0.15, 0.2) is 5.65 Å². The van der Waals surface area contributed by atoms with Crippen molar-refractivity contribution in [3.63, 3.8) is 0 Å². The summed E-state index contributed by atoms with van der Waals surface area (Å²) in [6.45, 7) is 1.67. The summed E-state index contributed by atoms with van der Waals surface area (Å²) in [5.74, 6) is -3.73. The van der Waals surface area contributed by atoms with Crippen molar-refractivity contribution in [3.05, 3.63) is 57.9 Å². The molecule has 0 aliphatic rings. The lowest BCUT2D eigenvalue weighted by atomic mass is 9.89. The van der Waals surface area contributed by atoms with Crippen LogP contribution in [0.3, 0.4) is 0 Å². The number of pyridine rings is 1. The number of H-pyrrole nitrogens is 1. The molecule has 3 aromatic rings. The van der Waals surface area contributed by atoms with E-state index in [2.05, 4.69) is 15.1 Å². The summed E-state index contributed by atoms with van der Waals surface area (Å²) in [4.78, 5) is 42.4. The van der Waals surface area contributed by atoms with Crippen LogP contribution in [0.2, 0.25) is 0 Å². The van der Waals surface area contributed by atoms with Crippen LogP contribution in [-0.2, 0) is 9.53 Å². The number of fused-ring (bicyclic) bond motifs is 1. The van der Waals surface area contributed by atoms with Gasteiger partial charge < -0.3 is 19.9 Å². The fourth-order valence-electron chi connectivity index (χ4n) is 2.86. The lowest BCUT2D eigenvalue weighted by Crippen LogP contribution is -2.22. The second-order valence-corrected chi connectivity index (χ2v) is 5.65. The molecule has 0 bridgehead atoms. The summed E-state index contributed by atoms with van der Waals surface area (Å²) in [6, 6.07) is 1.64. The Balaban J connectivity index is 2.22. The minimum atomic E-state index is -1.20. The zero-order valence-corrected chi connectivity index (χ0v) is 14.2. The number of aromatic hydroxyl groups is 1. The Labute approximate surface area is 152 Å². The minimum Gasteiger partial charge on any atom is -0.506 e. The Bertz CT molecular complexity index is 1070. The van der Waals surface area contributed by atoms with Crippen LogP contribution in [0.25, 0.3) is 5.65 Å². The summed E-state index contributed by atoms with van der Waals surface area (Å²) < 4.78 is 6.28. The SMILES string of the molecule is CCOC(=O)c1c[nH]c(=O)c(C(CC(=O)O)c2cnn3cccnc23)c1O. The number of hydrogen-bond donors (Lipinski definition) is 3. The van der Waals surface area contributed by atoms with Gasteiger partial charge in [0.05, 0.1) is 24.8 Å². The second kappa shape index (κ2) is 7.28. The van der Waals surface area contributed by atoms with Gasteiger partial charge in [0.2, 0.25) is 0 Å². The molecule has 3 N–H and O–H groups in total. The topological polar surface area (TPSA) is 147 Å². The van der Waals surface area contributed by atoms with Crippen LogP contribution < -0.4 is 5.56 Å². The van der Waals surface area contributed by atoms with Gasteiger partial charge in [-0.25, -0.2) is 14.3 Å². The molecule has 140 valence electrons. The number of ether oxygens (including phenoxy) is 1. The molecule has 3 rings (SSSR count). The number of hydrogen-bond acceptors (Lipinski definition) is 7. The summed E-state index contributed by atoms with van der Waals surface area (Å²) in [5, 5.41) is 24.0. The van der Waals surface area contributed by atoms with Crippen LogP contribution in [-0.4, -0.2) is 48.3 Å². The summed E-state index contributed by atoms with van der Waals surface area (Å²) in [5.41, 5.74) is -0.569. The van der Waals surface area contributed by atoms with Crippen molar-refractivity contribution in [1.82, 2.24) is 19.6 Å². The average Bonchev–Trinajstić information content (AvgIpc) is 3.04. The third-order valence-corrected chi connectivity index (χ3v) is 4.01. The number of nitrogens with zero attached hydrogens (tertiary/aromatic N) is 3. The lowest BCUT2D eigenvalue weighted by molar-refractivity contribution is -0.137. The van der Waals surface area contributed by atoms with Crippen molar-refractivity contribution in [2.24, 2.45) is 0 Å². The predicted molar refractivity (Wildman–Crippen MR) is 91.8 cm³/mol. The molecule has 0 radical (unpaired) electrons. The van der Waals surface area contributed by atoms with Crippen LogP contribution in [0, 0.1) is 0 Å². The maximum atomic E-state index is 12.4. The van der Waals surface area contributed by atoms with Gasteiger partial charge in [0, 0.05) is 30.1 Å². The van der Waals surface area contributed by atoms with E-state index in [0.717, 1.165) is 6.20 Å². The number of aromatic amines is 1. The van der Waals surface area contributed by atoms with Crippen molar-refractivity contribution in [2.45, 2.75) is 19.3 Å². The first kappa shape index (κ1) is 18.1. The highest BCUT2D eigenvalue weighted by molar-refractivity contribution is 5.92. The molecule has 27 heavy (non-hydrogen) atoms. The summed E-state index contributed by atoms with van der Waals surface area (Å²) >= 11 is 0. The maximum absolute atomic E-state index is 12.4. The fourth-order valence-corrected chi connectivity index (χ4v) is 2.86. The smallest absolute Gasteiger partial charge is 0.343 e. The largest absolute Gasteiger partial charge is 0.506 e. The normalized spacial score (nSPS) is 12.0. The van der Waals surface area contributed by atoms with Crippen LogP contribution in [0.1, 0.15) is 40.7 Å². The molecular weight excluding hydrogens is 356 g/mol. The highest BCUT2D eigenvalue weighted by Gasteiger charge is 2.30. The van der Waals surface area contributed by atoms with Gasteiger partial charge in [-0.1, -0.05) is 0 Å².